The average Bonchev–Trinajstić information content (AvgIpc) is 2.84. The molecule has 1 heterocycles. The van der Waals surface area contributed by atoms with Crippen LogP contribution in [0.15, 0.2) is 29.0 Å². The van der Waals surface area contributed by atoms with Gasteiger partial charge in [0.25, 0.3) is 0 Å². The van der Waals surface area contributed by atoms with Gasteiger partial charge in [0.05, 0.1) is 0 Å². The topological polar surface area (TPSA) is 77.2 Å². The SMILES string of the molecule is CC(C)n1ncnc1COc1cc(Br)ccc1C(=O)O. The van der Waals surface area contributed by atoms with Crippen molar-refractivity contribution in [3.05, 3.63) is 40.4 Å². The molecule has 20 heavy (non-hydrogen) atoms. The second kappa shape index (κ2) is 6.04. The van der Waals surface area contributed by atoms with E-state index in [9.17, 15) is 4.79 Å². The van der Waals surface area contributed by atoms with Crippen molar-refractivity contribution >= 4 is 21.9 Å². The van der Waals surface area contributed by atoms with Crippen LogP contribution in [0.3, 0.4) is 0 Å². The Morgan fingerprint density at radius 1 is 1.50 bits per heavy atom. The molecule has 7 heteroatoms. The number of rotatable bonds is 5. The van der Waals surface area contributed by atoms with E-state index in [1.807, 2.05) is 13.8 Å². The zero-order chi connectivity index (χ0) is 14.7. The molecule has 0 saturated heterocycles. The van der Waals surface area contributed by atoms with Crippen LogP contribution < -0.4 is 4.74 Å². The Balaban J connectivity index is 2.20. The van der Waals surface area contributed by atoms with Crippen molar-refractivity contribution < 1.29 is 14.6 Å². The van der Waals surface area contributed by atoms with Crippen LogP contribution in [-0.4, -0.2) is 25.8 Å². The van der Waals surface area contributed by atoms with E-state index in [1.165, 1.54) is 12.4 Å². The lowest BCUT2D eigenvalue weighted by Gasteiger charge is -2.12. The van der Waals surface area contributed by atoms with Crippen LogP contribution in [0.1, 0.15) is 36.1 Å². The van der Waals surface area contributed by atoms with Gasteiger partial charge in [-0.3, -0.25) is 0 Å². The number of carbonyl (C=O) groups is 1. The summed E-state index contributed by atoms with van der Waals surface area (Å²) in [5.41, 5.74) is 0.115. The first-order valence-corrected chi connectivity index (χ1v) is 6.82. The van der Waals surface area contributed by atoms with Gasteiger partial charge in [0.2, 0.25) is 0 Å². The number of aromatic nitrogens is 3. The van der Waals surface area contributed by atoms with Crippen LogP contribution in [-0.2, 0) is 6.61 Å². The van der Waals surface area contributed by atoms with Crippen LogP contribution in [0.25, 0.3) is 0 Å². The molecule has 0 radical (unpaired) electrons. The molecule has 0 spiro atoms. The molecule has 0 aliphatic carbocycles. The van der Waals surface area contributed by atoms with E-state index in [4.69, 9.17) is 9.84 Å². The molecule has 0 atom stereocenters. The molecule has 0 fully saturated rings. The molecule has 0 unspecified atom stereocenters. The summed E-state index contributed by atoms with van der Waals surface area (Å²) in [5, 5.41) is 13.2. The first-order chi connectivity index (χ1) is 9.49. The molecule has 1 aromatic carbocycles. The smallest absolute Gasteiger partial charge is 0.339 e. The van der Waals surface area contributed by atoms with Gasteiger partial charge in [-0.15, -0.1) is 0 Å². The van der Waals surface area contributed by atoms with Gasteiger partial charge < -0.3 is 9.84 Å². The lowest BCUT2D eigenvalue weighted by atomic mass is 10.2. The second-order valence-corrected chi connectivity index (χ2v) is 5.36. The molecule has 2 aromatic rings. The van der Waals surface area contributed by atoms with Gasteiger partial charge in [-0.2, -0.15) is 5.10 Å². The van der Waals surface area contributed by atoms with Crippen molar-refractivity contribution in [3.8, 4) is 5.75 Å². The van der Waals surface area contributed by atoms with Crippen molar-refractivity contribution in [2.75, 3.05) is 0 Å². The van der Waals surface area contributed by atoms with Gasteiger partial charge in [0, 0.05) is 10.5 Å². The van der Waals surface area contributed by atoms with Crippen LogP contribution in [0.5, 0.6) is 5.75 Å². The van der Waals surface area contributed by atoms with E-state index in [-0.39, 0.29) is 18.2 Å². The molecule has 1 aromatic heterocycles. The van der Waals surface area contributed by atoms with E-state index in [2.05, 4.69) is 26.0 Å². The third kappa shape index (κ3) is 3.16. The maximum Gasteiger partial charge on any atom is 0.339 e. The van der Waals surface area contributed by atoms with Gasteiger partial charge in [-0.05, 0) is 32.0 Å². The number of halogens is 1. The van der Waals surface area contributed by atoms with Crippen LogP contribution in [0.2, 0.25) is 0 Å². The molecule has 0 saturated carbocycles. The number of carboxylic acids is 1. The molecule has 2 rings (SSSR count). The van der Waals surface area contributed by atoms with Crippen LogP contribution in [0.4, 0.5) is 0 Å². The third-order valence-electron chi connectivity index (χ3n) is 2.67. The number of nitrogens with zero attached hydrogens (tertiary/aromatic N) is 3. The minimum absolute atomic E-state index is 0.115. The number of hydrogen-bond acceptors (Lipinski definition) is 4. The molecule has 1 N–H and O–H groups in total. The molecule has 0 aliphatic heterocycles. The van der Waals surface area contributed by atoms with Gasteiger partial charge >= 0.3 is 5.97 Å². The van der Waals surface area contributed by atoms with Crippen LogP contribution >= 0.6 is 15.9 Å². The number of aromatic carboxylic acids is 1. The maximum absolute atomic E-state index is 11.1. The third-order valence-corrected chi connectivity index (χ3v) is 3.16. The van der Waals surface area contributed by atoms with E-state index in [0.29, 0.717) is 11.6 Å². The van der Waals surface area contributed by atoms with Crippen molar-refractivity contribution in [1.82, 2.24) is 14.8 Å². The minimum Gasteiger partial charge on any atom is -0.485 e. The Hall–Kier alpha value is -1.89. The quantitative estimate of drug-likeness (QED) is 0.906. The van der Waals surface area contributed by atoms with Gasteiger partial charge in [-0.1, -0.05) is 15.9 Å². The summed E-state index contributed by atoms with van der Waals surface area (Å²) in [6, 6.07) is 4.94. The molecule has 0 aliphatic rings. The molecule has 6 nitrogen and oxygen atoms in total. The van der Waals surface area contributed by atoms with E-state index >= 15 is 0 Å². The Kier molecular flexibility index (Phi) is 4.39. The predicted molar refractivity (Wildman–Crippen MR) is 75.8 cm³/mol. The van der Waals surface area contributed by atoms with Crippen molar-refractivity contribution in [1.29, 1.82) is 0 Å². The Bertz CT molecular complexity index is 625. The lowest BCUT2D eigenvalue weighted by Crippen LogP contribution is -2.11. The predicted octanol–water partition coefficient (Wildman–Crippen LogP) is 2.90. The van der Waals surface area contributed by atoms with Gasteiger partial charge in [-0.25, -0.2) is 14.5 Å². The largest absolute Gasteiger partial charge is 0.485 e. The number of benzene rings is 1. The fourth-order valence-electron chi connectivity index (χ4n) is 1.74. The number of hydrogen-bond donors (Lipinski definition) is 1. The van der Waals surface area contributed by atoms with Gasteiger partial charge in [0.1, 0.15) is 24.2 Å². The highest BCUT2D eigenvalue weighted by atomic mass is 79.9. The first-order valence-electron chi connectivity index (χ1n) is 6.03. The number of carboxylic acid groups (broad SMARTS) is 1. The maximum atomic E-state index is 11.1. The van der Waals surface area contributed by atoms with E-state index in [1.54, 1.807) is 16.8 Å². The Labute approximate surface area is 124 Å². The van der Waals surface area contributed by atoms with E-state index in [0.717, 1.165) is 4.47 Å². The summed E-state index contributed by atoms with van der Waals surface area (Å²) in [6.07, 6.45) is 1.46. The normalized spacial score (nSPS) is 10.8. The zero-order valence-electron chi connectivity index (χ0n) is 11.1. The van der Waals surface area contributed by atoms with Crippen molar-refractivity contribution in [3.63, 3.8) is 0 Å². The standard InChI is InChI=1S/C13H14BrN3O3/c1-8(2)17-12(15-7-16-17)6-20-11-5-9(14)3-4-10(11)13(18)19/h3-5,7-8H,6H2,1-2H3,(H,18,19). The molecule has 0 amide bonds. The highest BCUT2D eigenvalue weighted by Gasteiger charge is 2.14. The summed E-state index contributed by atoms with van der Waals surface area (Å²) in [5.74, 6) is -0.0840. The molecular weight excluding hydrogens is 326 g/mol. The zero-order valence-corrected chi connectivity index (χ0v) is 12.7. The summed E-state index contributed by atoms with van der Waals surface area (Å²) in [7, 11) is 0. The monoisotopic (exact) mass is 339 g/mol. The minimum atomic E-state index is -1.03. The van der Waals surface area contributed by atoms with Crippen molar-refractivity contribution in [2.24, 2.45) is 0 Å². The van der Waals surface area contributed by atoms with Crippen LogP contribution in [0, 0.1) is 0 Å². The first kappa shape index (κ1) is 14.5. The summed E-state index contributed by atoms with van der Waals surface area (Å²) >= 11 is 3.30. The van der Waals surface area contributed by atoms with E-state index < -0.39 is 5.97 Å². The molecule has 0 bridgehead atoms. The molecular formula is C13H14BrN3O3. The highest BCUT2D eigenvalue weighted by molar-refractivity contribution is 9.10. The lowest BCUT2D eigenvalue weighted by molar-refractivity contribution is 0.0691. The van der Waals surface area contributed by atoms with Gasteiger partial charge in [0.15, 0.2) is 5.82 Å². The molecule has 106 valence electrons. The Morgan fingerprint density at radius 2 is 2.25 bits per heavy atom. The Morgan fingerprint density at radius 3 is 2.90 bits per heavy atom. The summed E-state index contributed by atoms with van der Waals surface area (Å²) in [4.78, 5) is 15.3. The average molecular weight is 340 g/mol. The number of ether oxygens (including phenoxy) is 1. The van der Waals surface area contributed by atoms with Crippen molar-refractivity contribution in [2.45, 2.75) is 26.5 Å². The highest BCUT2D eigenvalue weighted by Crippen LogP contribution is 2.24. The fraction of sp³-hybridized carbons (Fsp3) is 0.308. The fourth-order valence-corrected chi connectivity index (χ4v) is 2.08. The summed E-state index contributed by atoms with van der Waals surface area (Å²) in [6.45, 7) is 4.13. The summed E-state index contributed by atoms with van der Waals surface area (Å²) < 4.78 is 8.07. The second-order valence-electron chi connectivity index (χ2n) is 4.45.